The molecule has 3 amide bonds. The lowest BCUT2D eigenvalue weighted by atomic mass is 10.1. The van der Waals surface area contributed by atoms with E-state index in [-0.39, 0.29) is 35.8 Å². The van der Waals surface area contributed by atoms with Crippen LogP contribution in [0.25, 0.3) is 0 Å². The van der Waals surface area contributed by atoms with E-state index in [2.05, 4.69) is 10.3 Å². The molecule has 24 heavy (non-hydrogen) atoms. The molecule has 0 saturated carbocycles. The van der Waals surface area contributed by atoms with Crippen molar-refractivity contribution in [2.24, 2.45) is 0 Å². The van der Waals surface area contributed by atoms with E-state index in [0.29, 0.717) is 23.2 Å². The van der Waals surface area contributed by atoms with E-state index in [0.717, 1.165) is 0 Å². The topological polar surface area (TPSA) is 79.4 Å². The number of hydrogen-bond acceptors (Lipinski definition) is 4. The zero-order valence-corrected chi connectivity index (χ0v) is 13.4. The number of pyridine rings is 1. The van der Waals surface area contributed by atoms with Crippen LogP contribution in [0.2, 0.25) is 5.15 Å². The van der Waals surface area contributed by atoms with Gasteiger partial charge in [-0.25, -0.2) is 4.98 Å². The van der Waals surface area contributed by atoms with Crippen molar-refractivity contribution in [2.45, 2.75) is 12.8 Å². The normalized spacial score (nSPS) is 13.1. The summed E-state index contributed by atoms with van der Waals surface area (Å²) in [6.07, 6.45) is 2.06. The number of carbonyl (C=O) groups excluding carboxylic acids is 3. The summed E-state index contributed by atoms with van der Waals surface area (Å²) < 4.78 is 0. The molecule has 122 valence electrons. The molecule has 0 atom stereocenters. The van der Waals surface area contributed by atoms with Crippen molar-refractivity contribution in [3.63, 3.8) is 0 Å². The van der Waals surface area contributed by atoms with E-state index in [9.17, 15) is 14.4 Å². The number of amides is 3. The van der Waals surface area contributed by atoms with E-state index in [1.54, 1.807) is 36.4 Å². The highest BCUT2D eigenvalue weighted by molar-refractivity contribution is 6.32. The highest BCUT2D eigenvalue weighted by Gasteiger charge is 2.34. The van der Waals surface area contributed by atoms with Gasteiger partial charge >= 0.3 is 0 Å². The van der Waals surface area contributed by atoms with Gasteiger partial charge in [-0.2, -0.15) is 0 Å². The van der Waals surface area contributed by atoms with Gasteiger partial charge in [0.2, 0.25) is 5.91 Å². The monoisotopic (exact) mass is 343 g/mol. The molecule has 1 aliphatic heterocycles. The lowest BCUT2D eigenvalue weighted by molar-refractivity contribution is -0.116. The van der Waals surface area contributed by atoms with Crippen LogP contribution in [-0.2, 0) is 4.79 Å². The molecule has 3 rings (SSSR count). The first kappa shape index (κ1) is 16.1. The molecule has 1 aromatic carbocycles. The third-order valence-corrected chi connectivity index (χ3v) is 4.00. The molecule has 7 heteroatoms. The van der Waals surface area contributed by atoms with E-state index in [1.807, 2.05) is 0 Å². The van der Waals surface area contributed by atoms with E-state index in [1.165, 1.54) is 11.1 Å². The molecule has 2 heterocycles. The molecule has 0 spiro atoms. The third kappa shape index (κ3) is 3.14. The average molecular weight is 344 g/mol. The molecule has 1 aromatic heterocycles. The molecule has 1 aliphatic rings. The number of halogens is 1. The summed E-state index contributed by atoms with van der Waals surface area (Å²) in [5.74, 6) is -0.876. The number of aromatic nitrogens is 1. The lowest BCUT2D eigenvalue weighted by Gasteiger charge is -2.13. The molecule has 1 N–H and O–H groups in total. The summed E-state index contributed by atoms with van der Waals surface area (Å²) in [6, 6.07) is 10.0. The van der Waals surface area contributed by atoms with Crippen molar-refractivity contribution >= 4 is 35.0 Å². The van der Waals surface area contributed by atoms with Crippen molar-refractivity contribution < 1.29 is 14.4 Å². The lowest BCUT2D eigenvalue weighted by Crippen LogP contribution is -2.31. The van der Waals surface area contributed by atoms with Gasteiger partial charge in [0.15, 0.2) is 5.15 Å². The minimum absolute atomic E-state index is 0.165. The highest BCUT2D eigenvalue weighted by atomic mass is 35.5. The van der Waals surface area contributed by atoms with Crippen LogP contribution in [0.1, 0.15) is 33.6 Å². The van der Waals surface area contributed by atoms with Gasteiger partial charge in [-0.05, 0) is 30.7 Å². The summed E-state index contributed by atoms with van der Waals surface area (Å²) in [4.78, 5) is 41.4. The van der Waals surface area contributed by atoms with E-state index < -0.39 is 0 Å². The smallest absolute Gasteiger partial charge is 0.261 e. The number of imide groups is 1. The van der Waals surface area contributed by atoms with Crippen molar-refractivity contribution in [1.29, 1.82) is 0 Å². The molecule has 0 radical (unpaired) electrons. The van der Waals surface area contributed by atoms with Gasteiger partial charge < -0.3 is 5.32 Å². The van der Waals surface area contributed by atoms with E-state index >= 15 is 0 Å². The van der Waals surface area contributed by atoms with Crippen LogP contribution >= 0.6 is 11.6 Å². The molecule has 0 bridgehead atoms. The number of fused-ring (bicyclic) bond motifs is 1. The Morgan fingerprint density at radius 2 is 1.75 bits per heavy atom. The Balaban J connectivity index is 1.54. The molecule has 0 aliphatic carbocycles. The number of benzene rings is 1. The molecular weight excluding hydrogens is 330 g/mol. The molecule has 6 nitrogen and oxygen atoms in total. The number of carbonyl (C=O) groups is 3. The highest BCUT2D eigenvalue weighted by Crippen LogP contribution is 2.23. The second-order valence-corrected chi connectivity index (χ2v) is 5.66. The third-order valence-electron chi connectivity index (χ3n) is 3.70. The minimum atomic E-state index is -0.314. The first-order chi connectivity index (χ1) is 11.6. The van der Waals surface area contributed by atoms with Gasteiger partial charge in [0.05, 0.1) is 16.8 Å². The van der Waals surface area contributed by atoms with Crippen LogP contribution in [0.4, 0.5) is 5.69 Å². The second kappa shape index (κ2) is 6.80. The largest absolute Gasteiger partial charge is 0.323 e. The average Bonchev–Trinajstić information content (AvgIpc) is 2.82. The summed E-state index contributed by atoms with van der Waals surface area (Å²) in [7, 11) is 0. The van der Waals surface area contributed by atoms with Crippen LogP contribution in [0.15, 0.2) is 42.6 Å². The fourth-order valence-electron chi connectivity index (χ4n) is 2.53. The predicted molar refractivity (Wildman–Crippen MR) is 88.9 cm³/mol. The maximum Gasteiger partial charge on any atom is 0.261 e. The molecule has 0 saturated heterocycles. The maximum atomic E-state index is 12.2. The van der Waals surface area contributed by atoms with Crippen molar-refractivity contribution in [3.8, 4) is 0 Å². The number of rotatable bonds is 5. The van der Waals surface area contributed by atoms with Crippen LogP contribution in [0.3, 0.4) is 0 Å². The zero-order chi connectivity index (χ0) is 17.1. The van der Waals surface area contributed by atoms with Gasteiger partial charge in [-0.3, -0.25) is 19.3 Å². The van der Waals surface area contributed by atoms with Gasteiger partial charge in [0.25, 0.3) is 11.8 Å². The Morgan fingerprint density at radius 1 is 1.08 bits per heavy atom. The number of nitrogens with one attached hydrogen (secondary N) is 1. The predicted octanol–water partition coefficient (Wildman–Crippen LogP) is 2.75. The van der Waals surface area contributed by atoms with Gasteiger partial charge in [0.1, 0.15) is 0 Å². The minimum Gasteiger partial charge on any atom is -0.323 e. The fourth-order valence-corrected chi connectivity index (χ4v) is 2.70. The Morgan fingerprint density at radius 3 is 2.38 bits per heavy atom. The van der Waals surface area contributed by atoms with Gasteiger partial charge in [-0.1, -0.05) is 23.7 Å². The van der Waals surface area contributed by atoms with Crippen LogP contribution in [0.5, 0.6) is 0 Å². The standard InChI is InChI=1S/C17H14ClN3O3/c18-15-13(7-3-9-19-15)20-14(22)8-4-10-21-16(23)11-5-1-2-6-12(11)17(21)24/h1-3,5-7,9H,4,8,10H2,(H,20,22). The molecule has 0 fully saturated rings. The Kier molecular flexibility index (Phi) is 4.57. The van der Waals surface area contributed by atoms with E-state index in [4.69, 9.17) is 11.6 Å². The Hall–Kier alpha value is -2.73. The molecular formula is C17H14ClN3O3. The number of anilines is 1. The van der Waals surface area contributed by atoms with Crippen molar-refractivity contribution in [2.75, 3.05) is 11.9 Å². The summed E-state index contributed by atoms with van der Waals surface area (Å²) in [5.41, 5.74) is 1.26. The second-order valence-electron chi connectivity index (χ2n) is 5.30. The molecule has 2 aromatic rings. The summed E-state index contributed by atoms with van der Waals surface area (Å²) in [5, 5.41) is 2.87. The van der Waals surface area contributed by atoms with Gasteiger partial charge in [-0.15, -0.1) is 0 Å². The van der Waals surface area contributed by atoms with Crippen LogP contribution in [-0.4, -0.2) is 34.2 Å². The summed E-state index contributed by atoms with van der Waals surface area (Å²) >= 11 is 5.87. The van der Waals surface area contributed by atoms with Crippen LogP contribution < -0.4 is 5.32 Å². The Labute approximate surface area is 143 Å². The van der Waals surface area contributed by atoms with Crippen LogP contribution in [0, 0.1) is 0 Å². The maximum absolute atomic E-state index is 12.2. The summed E-state index contributed by atoms with van der Waals surface area (Å²) in [6.45, 7) is 0.195. The Bertz CT molecular complexity index is 787. The molecule has 0 unspecified atom stereocenters. The van der Waals surface area contributed by atoms with Crippen molar-refractivity contribution in [3.05, 3.63) is 58.9 Å². The van der Waals surface area contributed by atoms with Gasteiger partial charge in [0, 0.05) is 19.2 Å². The first-order valence-electron chi connectivity index (χ1n) is 7.43. The quantitative estimate of drug-likeness (QED) is 0.668. The first-order valence-corrected chi connectivity index (χ1v) is 7.81. The fraction of sp³-hybridized carbons (Fsp3) is 0.176. The number of nitrogens with zero attached hydrogens (tertiary/aromatic N) is 2. The van der Waals surface area contributed by atoms with Crippen molar-refractivity contribution in [1.82, 2.24) is 9.88 Å². The number of hydrogen-bond donors (Lipinski definition) is 1. The SMILES string of the molecule is O=C(CCCN1C(=O)c2ccccc2C1=O)Nc1cccnc1Cl. The zero-order valence-electron chi connectivity index (χ0n) is 12.7.